The minimum absolute atomic E-state index is 0.340. The number of rotatable bonds is 10. The molecule has 0 aromatic carbocycles. The molecule has 0 bridgehead atoms. The van der Waals surface area contributed by atoms with Crippen LogP contribution in [0.3, 0.4) is 0 Å². The van der Waals surface area contributed by atoms with Crippen molar-refractivity contribution in [3.05, 3.63) is 0 Å². The second kappa shape index (κ2) is 12.3. The first-order valence-corrected chi connectivity index (χ1v) is 9.58. The fourth-order valence-corrected chi connectivity index (χ4v) is 3.17. The summed E-state index contributed by atoms with van der Waals surface area (Å²) < 4.78 is 32.6. The second-order valence-corrected chi connectivity index (χ2v) is 7.32. The van der Waals surface area contributed by atoms with E-state index in [2.05, 4.69) is 4.74 Å². The molecule has 0 radical (unpaired) electrons. The molecule has 0 aromatic rings. The fourth-order valence-electron chi connectivity index (χ4n) is 3.17. The normalized spacial score (nSPS) is 42.6. The van der Waals surface area contributed by atoms with Gasteiger partial charge in [-0.05, 0) is 0 Å². The van der Waals surface area contributed by atoms with Crippen LogP contribution in [0.2, 0.25) is 0 Å². The molecule has 10 unspecified atom stereocenters. The number of hydrogen-bond acceptors (Lipinski definition) is 14. The number of aliphatic hydroxyl groups excluding tert-OH is 8. The van der Waals surface area contributed by atoms with Crippen LogP contribution in [-0.2, 0) is 28.5 Å². The molecule has 2 aliphatic heterocycles. The monoisotopic (exact) mass is 459 g/mol. The Kier molecular flexibility index (Phi) is 9.76. The number of hydrogen-bond donors (Lipinski definition) is 8. The summed E-state index contributed by atoms with van der Waals surface area (Å²) >= 11 is 0. The molecule has 2 fully saturated rings. The summed E-state index contributed by atoms with van der Waals surface area (Å²) in [5.41, 5.74) is 0. The largest absolute Gasteiger partial charge is 0.467 e. The zero-order valence-corrected chi connectivity index (χ0v) is 16.4. The maximum atomic E-state index is 10.8. The SMILES string of the molecule is [2H]C(=O)OCC(COC1OC(CO)C(O)C(O)C1O)COC1OC(CO)C(O)C(O)C1O. The van der Waals surface area contributed by atoms with Crippen molar-refractivity contribution in [2.45, 2.75) is 61.4 Å². The van der Waals surface area contributed by atoms with Crippen molar-refractivity contribution in [1.82, 2.24) is 0 Å². The summed E-state index contributed by atoms with van der Waals surface area (Å²) in [6.07, 6.45) is -16.5. The van der Waals surface area contributed by atoms with Crippen LogP contribution in [0.4, 0.5) is 0 Å². The van der Waals surface area contributed by atoms with E-state index in [1.165, 1.54) is 0 Å². The number of ether oxygens (including phenoxy) is 5. The summed E-state index contributed by atoms with van der Waals surface area (Å²) in [7, 11) is 0. The van der Waals surface area contributed by atoms with Gasteiger partial charge in [0.2, 0.25) is 0 Å². The van der Waals surface area contributed by atoms with E-state index in [-0.39, 0.29) is 13.2 Å². The molecule has 0 spiro atoms. The topological polar surface area (TPSA) is 225 Å². The van der Waals surface area contributed by atoms with Crippen LogP contribution in [0.5, 0.6) is 0 Å². The van der Waals surface area contributed by atoms with Crippen molar-refractivity contribution in [1.29, 1.82) is 0 Å². The third kappa shape index (κ3) is 6.50. The molecular weight excluding hydrogens is 428 g/mol. The molecule has 31 heavy (non-hydrogen) atoms. The Balaban J connectivity index is 1.96. The highest BCUT2D eigenvalue weighted by atomic mass is 16.7. The zero-order valence-electron chi connectivity index (χ0n) is 17.4. The molecule has 182 valence electrons. The molecule has 10 atom stereocenters. The van der Waals surface area contributed by atoms with Gasteiger partial charge in [0.15, 0.2) is 14.0 Å². The van der Waals surface area contributed by atoms with Gasteiger partial charge in [-0.1, -0.05) is 0 Å². The molecule has 2 rings (SSSR count). The average molecular weight is 459 g/mol. The Morgan fingerprint density at radius 2 is 1.16 bits per heavy atom. The van der Waals surface area contributed by atoms with E-state index < -0.39 is 93.6 Å². The van der Waals surface area contributed by atoms with Crippen LogP contribution in [0.25, 0.3) is 0 Å². The molecule has 2 heterocycles. The van der Waals surface area contributed by atoms with Crippen LogP contribution >= 0.6 is 0 Å². The molecule has 2 aliphatic rings. The number of aliphatic hydroxyl groups is 8. The Morgan fingerprint density at radius 1 is 0.742 bits per heavy atom. The lowest BCUT2D eigenvalue weighted by atomic mass is 9.99. The molecule has 0 amide bonds. The van der Waals surface area contributed by atoms with Gasteiger partial charge >= 0.3 is 0 Å². The van der Waals surface area contributed by atoms with Crippen molar-refractivity contribution >= 4 is 6.45 Å². The first kappa shape index (κ1) is 24.6. The van der Waals surface area contributed by atoms with E-state index in [9.17, 15) is 45.6 Å². The van der Waals surface area contributed by atoms with E-state index in [0.717, 1.165) is 0 Å². The molecule has 14 heteroatoms. The average Bonchev–Trinajstić information content (AvgIpc) is 2.77. The molecule has 14 nitrogen and oxygen atoms in total. The van der Waals surface area contributed by atoms with Gasteiger partial charge < -0.3 is 64.5 Å². The summed E-state index contributed by atoms with van der Waals surface area (Å²) in [6, 6.07) is 0. The van der Waals surface area contributed by atoms with Crippen LogP contribution in [-0.4, -0.2) is 142 Å². The van der Waals surface area contributed by atoms with E-state index in [1.807, 2.05) is 0 Å². The highest BCUT2D eigenvalue weighted by molar-refractivity contribution is 5.36. The van der Waals surface area contributed by atoms with Crippen LogP contribution in [0.15, 0.2) is 0 Å². The predicted molar refractivity (Wildman–Crippen MR) is 94.9 cm³/mol. The highest BCUT2D eigenvalue weighted by Crippen LogP contribution is 2.24. The van der Waals surface area contributed by atoms with Crippen molar-refractivity contribution < 1.29 is 70.7 Å². The summed E-state index contributed by atoms with van der Waals surface area (Å²) in [4.78, 5) is 10.8. The van der Waals surface area contributed by atoms with E-state index >= 15 is 0 Å². The molecule has 0 aliphatic carbocycles. The Morgan fingerprint density at radius 3 is 1.52 bits per heavy atom. The molecule has 8 N–H and O–H groups in total. The summed E-state index contributed by atoms with van der Waals surface area (Å²) in [5, 5.41) is 77.7. The lowest BCUT2D eigenvalue weighted by Crippen LogP contribution is -2.59. The van der Waals surface area contributed by atoms with E-state index in [4.69, 9.17) is 20.3 Å². The standard InChI is InChI=1S/C17H30O14/c18-1-8-10(21)12(23)14(25)16(30-8)28-4-7(3-27-6-20)5-29-17-15(26)13(24)11(22)9(2-19)31-17/h6-19,21-26H,1-5H2/i6D. The number of carbonyl (C=O) groups excluding carboxylic acids is 1. The second-order valence-electron chi connectivity index (χ2n) is 7.32. The summed E-state index contributed by atoms with van der Waals surface area (Å²) in [6.45, 7) is -2.41. The van der Waals surface area contributed by atoms with E-state index in [0.29, 0.717) is 0 Å². The van der Waals surface area contributed by atoms with Gasteiger partial charge in [0.25, 0.3) is 6.45 Å². The van der Waals surface area contributed by atoms with Crippen LogP contribution < -0.4 is 0 Å². The fraction of sp³-hybridized carbons (Fsp3) is 0.941. The highest BCUT2D eigenvalue weighted by Gasteiger charge is 2.45. The van der Waals surface area contributed by atoms with Crippen LogP contribution in [0, 0.1) is 5.92 Å². The lowest BCUT2D eigenvalue weighted by molar-refractivity contribution is -0.312. The van der Waals surface area contributed by atoms with Gasteiger partial charge in [-0.3, -0.25) is 4.79 Å². The molecule has 0 aromatic heterocycles. The van der Waals surface area contributed by atoms with Gasteiger partial charge in [0.1, 0.15) is 48.8 Å². The molecular formula is C17H30O14. The molecule has 2 saturated heterocycles. The van der Waals surface area contributed by atoms with Crippen molar-refractivity contribution in [3.8, 4) is 0 Å². The van der Waals surface area contributed by atoms with Crippen molar-refractivity contribution in [3.63, 3.8) is 0 Å². The minimum Gasteiger partial charge on any atom is -0.467 e. The third-order valence-electron chi connectivity index (χ3n) is 5.07. The Labute approximate surface area is 178 Å². The van der Waals surface area contributed by atoms with Gasteiger partial charge in [-0.2, -0.15) is 0 Å². The Hall–Kier alpha value is -1.01. The van der Waals surface area contributed by atoms with Crippen molar-refractivity contribution in [2.75, 3.05) is 33.0 Å². The Bertz CT molecular complexity index is 539. The third-order valence-corrected chi connectivity index (χ3v) is 5.07. The first-order valence-electron chi connectivity index (χ1n) is 10.1. The van der Waals surface area contributed by atoms with Crippen LogP contribution in [0.1, 0.15) is 1.37 Å². The maximum absolute atomic E-state index is 10.8. The van der Waals surface area contributed by atoms with E-state index in [1.54, 1.807) is 0 Å². The summed E-state index contributed by atoms with van der Waals surface area (Å²) in [5.74, 6) is -0.830. The van der Waals surface area contributed by atoms with Crippen molar-refractivity contribution in [2.24, 2.45) is 5.92 Å². The minimum atomic E-state index is -1.67. The lowest BCUT2D eigenvalue weighted by Gasteiger charge is -2.40. The molecule has 0 saturated carbocycles. The van der Waals surface area contributed by atoms with Gasteiger partial charge in [-0.25, -0.2) is 0 Å². The first-order chi connectivity index (χ1) is 15.1. The number of carbonyl (C=O) groups is 1. The quantitative estimate of drug-likeness (QED) is 0.143. The van der Waals surface area contributed by atoms with Gasteiger partial charge in [0, 0.05) is 5.92 Å². The smallest absolute Gasteiger partial charge is 0.293 e. The predicted octanol–water partition coefficient (Wildman–Crippen LogP) is -5.59. The zero-order chi connectivity index (χ0) is 24.0. The van der Waals surface area contributed by atoms with Gasteiger partial charge in [-0.15, -0.1) is 0 Å². The maximum Gasteiger partial charge on any atom is 0.293 e. The van der Waals surface area contributed by atoms with Gasteiger partial charge in [0.05, 0.1) is 33.0 Å².